The molecule has 0 spiro atoms. The zero-order chi connectivity index (χ0) is 10.7. The third kappa shape index (κ3) is 1.93. The third-order valence-corrected chi connectivity index (χ3v) is 1.95. The molecule has 1 aromatic carbocycles. The molecule has 1 aromatic rings. The number of ether oxygens (including phenoxy) is 1. The van der Waals surface area contributed by atoms with E-state index in [0.717, 1.165) is 5.56 Å². The zero-order valence-corrected chi connectivity index (χ0v) is 8.20. The van der Waals surface area contributed by atoms with Crippen molar-refractivity contribution in [3.63, 3.8) is 0 Å². The van der Waals surface area contributed by atoms with Crippen molar-refractivity contribution in [3.05, 3.63) is 41.5 Å². The molecule has 3 nitrogen and oxygen atoms in total. The van der Waals surface area contributed by atoms with E-state index in [9.17, 15) is 4.79 Å². The van der Waals surface area contributed by atoms with E-state index in [-0.39, 0.29) is 5.56 Å². The lowest BCUT2D eigenvalue weighted by Gasteiger charge is -2.08. The van der Waals surface area contributed by atoms with Crippen molar-refractivity contribution in [3.8, 4) is 0 Å². The van der Waals surface area contributed by atoms with Gasteiger partial charge in [0.1, 0.15) is 5.76 Å². The lowest BCUT2D eigenvalue weighted by Crippen LogP contribution is -2.02. The Kier molecular flexibility index (Phi) is 2.92. The number of carboxylic acid groups (broad SMARTS) is 1. The summed E-state index contributed by atoms with van der Waals surface area (Å²) in [5.74, 6) is -0.607. The van der Waals surface area contributed by atoms with Crippen molar-refractivity contribution in [2.24, 2.45) is 0 Å². The van der Waals surface area contributed by atoms with Crippen molar-refractivity contribution in [2.45, 2.75) is 6.92 Å². The summed E-state index contributed by atoms with van der Waals surface area (Å²) in [5, 5.41) is 8.94. The van der Waals surface area contributed by atoms with Gasteiger partial charge in [-0.15, -0.1) is 0 Å². The average Bonchev–Trinajstić information content (AvgIpc) is 2.16. The van der Waals surface area contributed by atoms with E-state index in [0.29, 0.717) is 11.3 Å². The van der Waals surface area contributed by atoms with Crippen molar-refractivity contribution < 1.29 is 14.6 Å². The molecule has 1 N–H and O–H groups in total. The van der Waals surface area contributed by atoms with Crippen LogP contribution in [0.4, 0.5) is 0 Å². The second-order valence-electron chi connectivity index (χ2n) is 2.98. The summed E-state index contributed by atoms with van der Waals surface area (Å²) < 4.78 is 4.91. The van der Waals surface area contributed by atoms with Crippen LogP contribution in [0.3, 0.4) is 0 Å². The largest absolute Gasteiger partial charge is 0.497 e. The first-order chi connectivity index (χ1) is 6.56. The fourth-order valence-corrected chi connectivity index (χ4v) is 1.19. The predicted octanol–water partition coefficient (Wildman–Crippen LogP) is 2.31. The minimum absolute atomic E-state index is 0.219. The molecule has 0 radical (unpaired) electrons. The number of benzene rings is 1. The van der Waals surface area contributed by atoms with Gasteiger partial charge in [0.05, 0.1) is 12.7 Å². The normalized spacial score (nSPS) is 9.57. The van der Waals surface area contributed by atoms with Gasteiger partial charge in [-0.25, -0.2) is 4.79 Å². The summed E-state index contributed by atoms with van der Waals surface area (Å²) in [5.41, 5.74) is 1.64. The van der Waals surface area contributed by atoms with Gasteiger partial charge in [0.15, 0.2) is 0 Å². The number of methoxy groups -OCH3 is 1. The molecule has 0 aliphatic rings. The SMILES string of the molecule is C=C(OC)c1ccc(C)cc1C(=O)O. The van der Waals surface area contributed by atoms with E-state index in [4.69, 9.17) is 9.84 Å². The Morgan fingerprint density at radius 3 is 2.57 bits per heavy atom. The van der Waals surface area contributed by atoms with E-state index >= 15 is 0 Å². The maximum atomic E-state index is 10.9. The second kappa shape index (κ2) is 3.96. The maximum Gasteiger partial charge on any atom is 0.336 e. The van der Waals surface area contributed by atoms with Crippen molar-refractivity contribution >= 4 is 11.7 Å². The first-order valence-corrected chi connectivity index (χ1v) is 4.13. The molecule has 0 aromatic heterocycles. The first-order valence-electron chi connectivity index (χ1n) is 4.13. The van der Waals surface area contributed by atoms with Crippen LogP contribution < -0.4 is 0 Å². The van der Waals surface area contributed by atoms with E-state index in [1.807, 2.05) is 13.0 Å². The minimum Gasteiger partial charge on any atom is -0.497 e. The summed E-state index contributed by atoms with van der Waals surface area (Å²) in [6.07, 6.45) is 0. The highest BCUT2D eigenvalue weighted by molar-refractivity contribution is 5.93. The fourth-order valence-electron chi connectivity index (χ4n) is 1.19. The topological polar surface area (TPSA) is 46.5 Å². The van der Waals surface area contributed by atoms with Crippen LogP contribution in [-0.2, 0) is 4.74 Å². The number of carboxylic acids is 1. The summed E-state index contributed by atoms with van der Waals surface area (Å²) in [6, 6.07) is 5.12. The molecule has 0 saturated heterocycles. The predicted molar refractivity (Wildman–Crippen MR) is 54.2 cm³/mol. The van der Waals surface area contributed by atoms with Crippen LogP contribution in [0.15, 0.2) is 24.8 Å². The molecule has 14 heavy (non-hydrogen) atoms. The van der Waals surface area contributed by atoms with Gasteiger partial charge >= 0.3 is 5.97 Å². The number of aromatic carboxylic acids is 1. The monoisotopic (exact) mass is 192 g/mol. The molecule has 0 aliphatic carbocycles. The van der Waals surface area contributed by atoms with E-state index in [2.05, 4.69) is 6.58 Å². The molecule has 1 rings (SSSR count). The molecule has 0 atom stereocenters. The molecule has 0 bridgehead atoms. The number of carbonyl (C=O) groups is 1. The lowest BCUT2D eigenvalue weighted by molar-refractivity contribution is 0.0696. The Morgan fingerprint density at radius 2 is 2.07 bits per heavy atom. The lowest BCUT2D eigenvalue weighted by atomic mass is 10.0. The molecule has 0 unspecified atom stereocenters. The summed E-state index contributed by atoms with van der Waals surface area (Å²) in [4.78, 5) is 10.9. The van der Waals surface area contributed by atoms with Crippen LogP contribution in [-0.4, -0.2) is 18.2 Å². The Hall–Kier alpha value is -1.77. The van der Waals surface area contributed by atoms with Crippen LogP contribution >= 0.6 is 0 Å². The van der Waals surface area contributed by atoms with Gasteiger partial charge in [0.25, 0.3) is 0 Å². The molecule has 74 valence electrons. The quantitative estimate of drug-likeness (QED) is 0.747. The number of rotatable bonds is 3. The van der Waals surface area contributed by atoms with Crippen LogP contribution in [0.5, 0.6) is 0 Å². The van der Waals surface area contributed by atoms with Crippen molar-refractivity contribution in [1.82, 2.24) is 0 Å². The number of hydrogen-bond donors (Lipinski definition) is 1. The summed E-state index contributed by atoms with van der Waals surface area (Å²) in [6.45, 7) is 5.47. The fraction of sp³-hybridized carbons (Fsp3) is 0.182. The van der Waals surface area contributed by atoms with Gasteiger partial charge < -0.3 is 9.84 Å². The average molecular weight is 192 g/mol. The first kappa shape index (κ1) is 10.3. The number of aryl methyl sites for hydroxylation is 1. The molecule has 0 heterocycles. The van der Waals surface area contributed by atoms with Gasteiger partial charge in [-0.3, -0.25) is 0 Å². The van der Waals surface area contributed by atoms with Gasteiger partial charge in [-0.05, 0) is 13.0 Å². The van der Waals surface area contributed by atoms with Crippen LogP contribution in [0.1, 0.15) is 21.5 Å². The highest BCUT2D eigenvalue weighted by Gasteiger charge is 2.12. The van der Waals surface area contributed by atoms with Gasteiger partial charge in [0.2, 0.25) is 0 Å². The van der Waals surface area contributed by atoms with Crippen LogP contribution in [0.25, 0.3) is 5.76 Å². The van der Waals surface area contributed by atoms with E-state index in [1.165, 1.54) is 7.11 Å². The second-order valence-corrected chi connectivity index (χ2v) is 2.98. The Balaban J connectivity index is 3.28. The Labute approximate surface area is 82.6 Å². The molecule has 3 heteroatoms. The van der Waals surface area contributed by atoms with Gasteiger partial charge in [-0.2, -0.15) is 0 Å². The van der Waals surface area contributed by atoms with Crippen LogP contribution in [0.2, 0.25) is 0 Å². The molecule has 0 aliphatic heterocycles. The summed E-state index contributed by atoms with van der Waals surface area (Å²) in [7, 11) is 1.47. The number of hydrogen-bond acceptors (Lipinski definition) is 2. The molecule has 0 fully saturated rings. The van der Waals surface area contributed by atoms with Gasteiger partial charge in [0, 0.05) is 5.56 Å². The van der Waals surface area contributed by atoms with Gasteiger partial charge in [-0.1, -0.05) is 24.3 Å². The zero-order valence-electron chi connectivity index (χ0n) is 8.20. The van der Waals surface area contributed by atoms with Crippen LogP contribution in [0, 0.1) is 6.92 Å². The molecular weight excluding hydrogens is 180 g/mol. The molecular formula is C11H12O3. The highest BCUT2D eigenvalue weighted by atomic mass is 16.5. The smallest absolute Gasteiger partial charge is 0.336 e. The van der Waals surface area contributed by atoms with E-state index < -0.39 is 5.97 Å². The molecule has 0 amide bonds. The maximum absolute atomic E-state index is 10.9. The standard InChI is InChI=1S/C11H12O3/c1-7-4-5-9(8(2)14-3)10(6-7)11(12)13/h4-6H,2H2,1,3H3,(H,12,13). The third-order valence-electron chi connectivity index (χ3n) is 1.95. The Bertz CT molecular complexity index is 380. The minimum atomic E-state index is -0.970. The highest BCUT2D eigenvalue weighted by Crippen LogP contribution is 2.19. The summed E-state index contributed by atoms with van der Waals surface area (Å²) >= 11 is 0. The Morgan fingerprint density at radius 1 is 1.43 bits per heavy atom. The van der Waals surface area contributed by atoms with E-state index in [1.54, 1.807) is 12.1 Å². The van der Waals surface area contributed by atoms with Crippen molar-refractivity contribution in [2.75, 3.05) is 7.11 Å². The molecule has 0 saturated carbocycles. The van der Waals surface area contributed by atoms with Crippen molar-refractivity contribution in [1.29, 1.82) is 0 Å².